The van der Waals surface area contributed by atoms with E-state index in [-0.39, 0.29) is 0 Å². The topological polar surface area (TPSA) is 17.1 Å². The average Bonchev–Trinajstić information content (AvgIpc) is 2.83. The van der Waals surface area contributed by atoms with Crippen molar-refractivity contribution in [3.63, 3.8) is 0 Å². The van der Waals surface area contributed by atoms with Gasteiger partial charge in [-0.3, -0.25) is 4.79 Å². The van der Waals surface area contributed by atoms with E-state index in [0.717, 1.165) is 25.7 Å². The number of hydrogen-bond donors (Lipinski definition) is 0. The zero-order valence-corrected chi connectivity index (χ0v) is 11.1. The predicted molar refractivity (Wildman–Crippen MR) is 72.4 cm³/mol. The van der Waals surface area contributed by atoms with Crippen LogP contribution in [0.15, 0.2) is 17.5 Å². The highest BCUT2D eigenvalue weighted by atomic mass is 32.2. The van der Waals surface area contributed by atoms with Gasteiger partial charge in [-0.2, -0.15) is 11.8 Å². The third-order valence-electron chi connectivity index (χ3n) is 2.97. The lowest BCUT2D eigenvalue weighted by Gasteiger charge is -2.19. The maximum absolute atomic E-state index is 11.9. The maximum atomic E-state index is 11.9. The molecule has 0 saturated carbocycles. The molecule has 1 aliphatic rings. The standard InChI is InChI=1S/C13H18OS2/c14-12(13-8-1-2-9-16-13)7-3-5-11-6-4-10-15-11/h4,6,10,13H,1-3,5,7-9H2. The average molecular weight is 254 g/mol. The number of aryl methyl sites for hydroxylation is 1. The van der Waals surface area contributed by atoms with E-state index in [4.69, 9.17) is 0 Å². The number of thiophene rings is 1. The SMILES string of the molecule is O=C(CCCc1cccs1)C1CCCCS1. The summed E-state index contributed by atoms with van der Waals surface area (Å²) in [4.78, 5) is 13.3. The minimum Gasteiger partial charge on any atom is -0.298 e. The van der Waals surface area contributed by atoms with Gasteiger partial charge in [-0.1, -0.05) is 12.5 Å². The van der Waals surface area contributed by atoms with Gasteiger partial charge >= 0.3 is 0 Å². The van der Waals surface area contributed by atoms with E-state index in [9.17, 15) is 4.79 Å². The molecule has 1 saturated heterocycles. The Morgan fingerprint density at radius 3 is 3.06 bits per heavy atom. The lowest BCUT2D eigenvalue weighted by atomic mass is 10.1. The van der Waals surface area contributed by atoms with Crippen LogP contribution in [0.3, 0.4) is 0 Å². The number of thioether (sulfide) groups is 1. The smallest absolute Gasteiger partial charge is 0.145 e. The lowest BCUT2D eigenvalue weighted by Crippen LogP contribution is -2.20. The van der Waals surface area contributed by atoms with Gasteiger partial charge in [0.2, 0.25) is 0 Å². The van der Waals surface area contributed by atoms with E-state index < -0.39 is 0 Å². The van der Waals surface area contributed by atoms with E-state index in [2.05, 4.69) is 17.5 Å². The number of hydrogen-bond acceptors (Lipinski definition) is 3. The third kappa shape index (κ3) is 3.63. The van der Waals surface area contributed by atoms with Crippen LogP contribution in [-0.4, -0.2) is 16.8 Å². The van der Waals surface area contributed by atoms with Crippen LogP contribution in [0, 0.1) is 0 Å². The molecule has 3 heteroatoms. The van der Waals surface area contributed by atoms with Gasteiger partial charge in [0.1, 0.15) is 5.78 Å². The monoisotopic (exact) mass is 254 g/mol. The molecule has 0 N–H and O–H groups in total. The van der Waals surface area contributed by atoms with Crippen molar-refractivity contribution in [1.82, 2.24) is 0 Å². The third-order valence-corrected chi connectivity index (χ3v) is 5.33. The van der Waals surface area contributed by atoms with Crippen LogP contribution in [0.2, 0.25) is 0 Å². The maximum Gasteiger partial charge on any atom is 0.145 e. The number of carbonyl (C=O) groups excluding carboxylic acids is 1. The molecule has 2 heterocycles. The largest absolute Gasteiger partial charge is 0.298 e. The first-order chi connectivity index (χ1) is 7.86. The fourth-order valence-corrected chi connectivity index (χ4v) is 4.09. The Labute approximate surface area is 106 Å². The highest BCUT2D eigenvalue weighted by Gasteiger charge is 2.20. The second-order valence-corrected chi connectivity index (χ2v) is 6.60. The van der Waals surface area contributed by atoms with E-state index in [1.807, 2.05) is 11.8 Å². The molecule has 1 nitrogen and oxygen atoms in total. The van der Waals surface area contributed by atoms with Crippen molar-refractivity contribution in [3.05, 3.63) is 22.4 Å². The molecular formula is C13H18OS2. The molecule has 0 aliphatic carbocycles. The summed E-state index contributed by atoms with van der Waals surface area (Å²) in [5.74, 6) is 1.67. The summed E-state index contributed by atoms with van der Waals surface area (Å²) in [6, 6.07) is 4.24. The molecular weight excluding hydrogens is 236 g/mol. The first-order valence-corrected chi connectivity index (χ1v) is 7.96. The molecule has 0 bridgehead atoms. The summed E-state index contributed by atoms with van der Waals surface area (Å²) in [5, 5.41) is 2.42. The molecule has 1 fully saturated rings. The molecule has 1 aromatic heterocycles. The van der Waals surface area contributed by atoms with Crippen LogP contribution in [0.1, 0.15) is 37.0 Å². The molecule has 1 aromatic rings. The second kappa shape index (κ2) is 6.45. The Morgan fingerprint density at radius 2 is 2.38 bits per heavy atom. The number of carbonyl (C=O) groups is 1. The Hall–Kier alpha value is -0.280. The molecule has 0 spiro atoms. The molecule has 88 valence electrons. The van der Waals surface area contributed by atoms with Crippen molar-refractivity contribution in [2.75, 3.05) is 5.75 Å². The molecule has 0 aromatic carbocycles. The molecule has 0 radical (unpaired) electrons. The first kappa shape index (κ1) is 12.2. The normalized spacial score (nSPS) is 20.9. The Balaban J connectivity index is 1.67. The summed E-state index contributed by atoms with van der Waals surface area (Å²) in [5.41, 5.74) is 0. The van der Waals surface area contributed by atoms with E-state index in [1.54, 1.807) is 11.3 Å². The fraction of sp³-hybridized carbons (Fsp3) is 0.615. The van der Waals surface area contributed by atoms with Gasteiger partial charge in [-0.15, -0.1) is 11.3 Å². The highest BCUT2D eigenvalue weighted by Crippen LogP contribution is 2.27. The van der Waals surface area contributed by atoms with Crippen LogP contribution < -0.4 is 0 Å². The van der Waals surface area contributed by atoms with Crippen LogP contribution in [0.4, 0.5) is 0 Å². The Morgan fingerprint density at radius 1 is 1.44 bits per heavy atom. The molecule has 2 rings (SSSR count). The van der Waals surface area contributed by atoms with Gasteiger partial charge in [-0.05, 0) is 42.9 Å². The van der Waals surface area contributed by atoms with E-state index in [0.29, 0.717) is 11.0 Å². The summed E-state index contributed by atoms with van der Waals surface area (Å²) >= 11 is 3.67. The summed E-state index contributed by atoms with van der Waals surface area (Å²) in [7, 11) is 0. The zero-order chi connectivity index (χ0) is 11.2. The summed E-state index contributed by atoms with van der Waals surface area (Å²) < 4.78 is 0. The molecule has 1 atom stereocenters. The first-order valence-electron chi connectivity index (χ1n) is 6.03. The van der Waals surface area contributed by atoms with Gasteiger partial charge in [0, 0.05) is 11.3 Å². The van der Waals surface area contributed by atoms with Crippen molar-refractivity contribution >= 4 is 28.9 Å². The highest BCUT2D eigenvalue weighted by molar-refractivity contribution is 8.00. The van der Waals surface area contributed by atoms with E-state index >= 15 is 0 Å². The van der Waals surface area contributed by atoms with Crippen LogP contribution in [-0.2, 0) is 11.2 Å². The predicted octanol–water partition coefficient (Wildman–Crippen LogP) is 3.93. The summed E-state index contributed by atoms with van der Waals surface area (Å²) in [6.07, 6.45) is 6.52. The molecule has 0 amide bonds. The quantitative estimate of drug-likeness (QED) is 0.792. The van der Waals surface area contributed by atoms with Crippen molar-refractivity contribution in [1.29, 1.82) is 0 Å². The van der Waals surface area contributed by atoms with Gasteiger partial charge in [0.05, 0.1) is 5.25 Å². The van der Waals surface area contributed by atoms with Crippen molar-refractivity contribution in [3.8, 4) is 0 Å². The van der Waals surface area contributed by atoms with Crippen LogP contribution in [0.5, 0.6) is 0 Å². The number of Topliss-reactive ketones (excluding diaryl/α,β-unsaturated/α-hetero) is 1. The summed E-state index contributed by atoms with van der Waals surface area (Å²) in [6.45, 7) is 0. The van der Waals surface area contributed by atoms with Gasteiger partial charge < -0.3 is 0 Å². The van der Waals surface area contributed by atoms with Crippen molar-refractivity contribution < 1.29 is 4.79 Å². The Kier molecular flexibility index (Phi) is 4.91. The lowest BCUT2D eigenvalue weighted by molar-refractivity contribution is -0.118. The van der Waals surface area contributed by atoms with Gasteiger partial charge in [0.15, 0.2) is 0 Å². The Bertz CT molecular complexity index is 313. The van der Waals surface area contributed by atoms with Gasteiger partial charge in [-0.25, -0.2) is 0 Å². The van der Waals surface area contributed by atoms with Crippen LogP contribution in [0.25, 0.3) is 0 Å². The minimum atomic E-state index is 0.317. The molecule has 1 unspecified atom stereocenters. The molecule has 1 aliphatic heterocycles. The van der Waals surface area contributed by atoms with Crippen molar-refractivity contribution in [2.45, 2.75) is 43.8 Å². The van der Waals surface area contributed by atoms with Gasteiger partial charge in [0.25, 0.3) is 0 Å². The van der Waals surface area contributed by atoms with Crippen LogP contribution >= 0.6 is 23.1 Å². The van der Waals surface area contributed by atoms with Crippen molar-refractivity contribution in [2.24, 2.45) is 0 Å². The number of rotatable bonds is 5. The molecule has 16 heavy (non-hydrogen) atoms. The second-order valence-electron chi connectivity index (χ2n) is 4.25. The van der Waals surface area contributed by atoms with E-state index in [1.165, 1.54) is 23.5 Å². The fourth-order valence-electron chi connectivity index (χ4n) is 2.05. The minimum absolute atomic E-state index is 0.317. The zero-order valence-electron chi connectivity index (χ0n) is 9.48. The number of ketones is 1.